The molecule has 2 unspecified atom stereocenters. The molecule has 7 nitrogen and oxygen atoms in total. The Labute approximate surface area is 101 Å². The van der Waals surface area contributed by atoms with Gasteiger partial charge >= 0.3 is 15.2 Å². The highest BCUT2D eigenvalue weighted by Crippen LogP contribution is 2.61. The van der Waals surface area contributed by atoms with Gasteiger partial charge in [0.2, 0.25) is 0 Å². The van der Waals surface area contributed by atoms with Crippen LogP contribution in [0.5, 0.6) is 0 Å². The Hall–Kier alpha value is 0.260. The smallest absolute Gasteiger partial charge is 0.327 e. The zero-order valence-corrected chi connectivity index (χ0v) is 11.7. The van der Waals surface area contributed by atoms with Crippen LogP contribution < -0.4 is 5.73 Å². The highest BCUT2D eigenvalue weighted by molar-refractivity contribution is 7.70. The minimum absolute atomic E-state index is 0.0411. The van der Waals surface area contributed by atoms with E-state index >= 15 is 0 Å². The number of hydrogen-bond acceptors (Lipinski definition) is 3. The summed E-state index contributed by atoms with van der Waals surface area (Å²) >= 11 is 0. The summed E-state index contributed by atoms with van der Waals surface area (Å²) in [5.41, 5.74) is 5.71. The fraction of sp³-hybridized carbons (Fsp3) is 1.00. The normalized spacial score (nSPS) is 17.2. The van der Waals surface area contributed by atoms with Gasteiger partial charge in [-0.15, -0.1) is 0 Å². The van der Waals surface area contributed by atoms with E-state index in [1.54, 1.807) is 6.92 Å². The van der Waals surface area contributed by atoms with Gasteiger partial charge in [0.15, 0.2) is 5.40 Å². The van der Waals surface area contributed by atoms with E-state index in [0.29, 0.717) is 0 Å². The maximum atomic E-state index is 11.0. The van der Waals surface area contributed by atoms with Crippen molar-refractivity contribution < 1.29 is 28.7 Å². The first kappa shape index (κ1) is 17.3. The van der Waals surface area contributed by atoms with Crippen molar-refractivity contribution in [2.24, 2.45) is 11.7 Å². The lowest BCUT2D eigenvalue weighted by molar-refractivity contribution is 0.320. The molecule has 0 spiro atoms. The van der Waals surface area contributed by atoms with Gasteiger partial charge in [0.05, 0.1) is 0 Å². The van der Waals surface area contributed by atoms with Crippen LogP contribution in [0.2, 0.25) is 0 Å². The molecule has 9 heteroatoms. The molecule has 0 heterocycles. The van der Waals surface area contributed by atoms with Crippen molar-refractivity contribution in [3.63, 3.8) is 0 Å². The van der Waals surface area contributed by atoms with Crippen molar-refractivity contribution in [2.45, 2.75) is 44.6 Å². The maximum absolute atomic E-state index is 11.0. The van der Waals surface area contributed by atoms with Gasteiger partial charge in [-0.2, -0.15) is 0 Å². The van der Waals surface area contributed by atoms with Gasteiger partial charge < -0.3 is 25.3 Å². The molecule has 6 N–H and O–H groups in total. The summed E-state index contributed by atoms with van der Waals surface area (Å²) in [6, 6.07) is -0.639. The largest absolute Gasteiger partial charge is 0.340 e. The topological polar surface area (TPSA) is 141 Å². The monoisotopic (exact) mass is 289 g/mol. The highest BCUT2D eigenvalue weighted by Gasteiger charge is 2.44. The van der Waals surface area contributed by atoms with Crippen LogP contribution in [0, 0.1) is 5.92 Å². The second kappa shape index (κ2) is 6.43. The summed E-state index contributed by atoms with van der Waals surface area (Å²) in [5.74, 6) is -0.0411. The molecule has 0 aliphatic rings. The lowest BCUT2D eigenvalue weighted by atomic mass is 9.96. The van der Waals surface area contributed by atoms with E-state index < -0.39 is 26.6 Å². The SMILES string of the molecule is CCCC(C)C(N)CC(P(=O)(O)O)P(=O)(O)O. The molecule has 17 heavy (non-hydrogen) atoms. The third-order valence-corrected chi connectivity index (χ3v) is 6.51. The molecule has 0 aromatic carbocycles. The molecule has 104 valence electrons. The van der Waals surface area contributed by atoms with E-state index in [4.69, 9.17) is 25.3 Å². The molecule has 0 saturated carbocycles. The van der Waals surface area contributed by atoms with Crippen LogP contribution in [0.15, 0.2) is 0 Å². The lowest BCUT2D eigenvalue weighted by Gasteiger charge is -2.26. The predicted molar refractivity (Wildman–Crippen MR) is 64.5 cm³/mol. The van der Waals surface area contributed by atoms with E-state index in [1.165, 1.54) is 0 Å². The Kier molecular flexibility index (Phi) is 6.53. The van der Waals surface area contributed by atoms with Crippen molar-refractivity contribution in [2.75, 3.05) is 0 Å². The molecule has 0 saturated heterocycles. The fourth-order valence-electron chi connectivity index (χ4n) is 1.62. The zero-order chi connectivity index (χ0) is 13.9. The molecule has 0 radical (unpaired) electrons. The molecule has 0 rings (SSSR count). The van der Waals surface area contributed by atoms with E-state index in [-0.39, 0.29) is 12.3 Å². The van der Waals surface area contributed by atoms with Crippen molar-refractivity contribution >= 4 is 15.2 Å². The maximum Gasteiger partial charge on any atom is 0.340 e. The molecule has 0 fully saturated rings. The molecule has 0 aromatic rings. The van der Waals surface area contributed by atoms with Crippen LogP contribution in [0.3, 0.4) is 0 Å². The second-order valence-corrected chi connectivity index (χ2v) is 8.33. The fourth-order valence-corrected chi connectivity index (χ4v) is 4.22. The van der Waals surface area contributed by atoms with Crippen LogP contribution in [-0.2, 0) is 9.13 Å². The third-order valence-electron chi connectivity index (χ3n) is 2.73. The highest BCUT2D eigenvalue weighted by atomic mass is 31.2. The number of hydrogen-bond donors (Lipinski definition) is 5. The summed E-state index contributed by atoms with van der Waals surface area (Å²) in [5, 5.41) is -2.00. The van der Waals surface area contributed by atoms with E-state index in [1.807, 2.05) is 6.92 Å². The molecular weight excluding hydrogens is 268 g/mol. The van der Waals surface area contributed by atoms with E-state index in [2.05, 4.69) is 0 Å². The Morgan fingerprint density at radius 1 is 1.12 bits per heavy atom. The van der Waals surface area contributed by atoms with Crippen LogP contribution in [0.1, 0.15) is 33.1 Å². The van der Waals surface area contributed by atoms with Crippen molar-refractivity contribution in [3.8, 4) is 0 Å². The second-order valence-electron chi connectivity index (χ2n) is 4.32. The van der Waals surface area contributed by atoms with Crippen LogP contribution in [0.4, 0.5) is 0 Å². The number of rotatable bonds is 7. The van der Waals surface area contributed by atoms with Gasteiger partial charge in [-0.1, -0.05) is 20.3 Å². The van der Waals surface area contributed by atoms with Gasteiger partial charge in [0.25, 0.3) is 0 Å². The molecular formula is C8H21NO6P2. The molecule has 0 aliphatic carbocycles. The zero-order valence-electron chi connectivity index (χ0n) is 9.93. The molecule has 0 aliphatic heterocycles. The minimum atomic E-state index is -4.85. The van der Waals surface area contributed by atoms with Crippen molar-refractivity contribution in [1.29, 1.82) is 0 Å². The average Bonchev–Trinajstić information content (AvgIpc) is 2.10. The quantitative estimate of drug-likeness (QED) is 0.437. The lowest BCUT2D eigenvalue weighted by Crippen LogP contribution is -2.32. The van der Waals surface area contributed by atoms with E-state index in [9.17, 15) is 9.13 Å². The van der Waals surface area contributed by atoms with Crippen molar-refractivity contribution in [1.82, 2.24) is 0 Å². The molecule has 0 amide bonds. The van der Waals surface area contributed by atoms with E-state index in [0.717, 1.165) is 12.8 Å². The predicted octanol–water partition coefficient (Wildman–Crippen LogP) is 0.821. The van der Waals surface area contributed by atoms with Crippen molar-refractivity contribution in [3.05, 3.63) is 0 Å². The summed E-state index contributed by atoms with van der Waals surface area (Å²) < 4.78 is 22.1. The Morgan fingerprint density at radius 2 is 1.53 bits per heavy atom. The third kappa shape index (κ3) is 6.11. The van der Waals surface area contributed by atoms with Gasteiger partial charge in [0.1, 0.15) is 0 Å². The molecule has 0 bridgehead atoms. The Morgan fingerprint density at radius 3 is 1.82 bits per heavy atom. The van der Waals surface area contributed by atoms with Gasteiger partial charge in [-0.3, -0.25) is 9.13 Å². The first-order chi connectivity index (χ1) is 7.50. The summed E-state index contributed by atoms with van der Waals surface area (Å²) in [7, 11) is -9.71. The minimum Gasteiger partial charge on any atom is -0.327 e. The molecule has 0 aromatic heterocycles. The summed E-state index contributed by atoms with van der Waals surface area (Å²) in [4.78, 5) is 35.7. The van der Waals surface area contributed by atoms with Crippen LogP contribution in [0.25, 0.3) is 0 Å². The first-order valence-corrected chi connectivity index (χ1v) is 8.72. The Bertz CT molecular complexity index is 302. The van der Waals surface area contributed by atoms with Gasteiger partial charge in [-0.25, -0.2) is 0 Å². The van der Waals surface area contributed by atoms with Gasteiger partial charge in [0, 0.05) is 6.04 Å². The standard InChI is InChI=1S/C8H21NO6P2/c1-3-4-6(2)7(9)5-8(16(10,11)12)17(13,14)15/h6-8H,3-5,9H2,1-2H3,(H2,10,11,12)(H2,13,14,15). The first-order valence-electron chi connectivity index (χ1n) is 5.36. The van der Waals surface area contributed by atoms with Gasteiger partial charge in [-0.05, 0) is 18.8 Å². The van der Waals surface area contributed by atoms with Crippen LogP contribution in [-0.4, -0.2) is 31.0 Å². The summed E-state index contributed by atoms with van der Waals surface area (Å²) in [6.45, 7) is 3.73. The molecule has 2 atom stereocenters. The summed E-state index contributed by atoms with van der Waals surface area (Å²) in [6.07, 6.45) is 1.22. The average molecular weight is 289 g/mol. The Balaban J connectivity index is 4.79. The van der Waals surface area contributed by atoms with Crippen LogP contribution >= 0.6 is 15.2 Å². The number of nitrogens with two attached hydrogens (primary N) is 1.